The van der Waals surface area contributed by atoms with Crippen molar-refractivity contribution < 1.29 is 5.11 Å². The molecule has 3 nitrogen and oxygen atoms in total. The van der Waals surface area contributed by atoms with E-state index in [-0.39, 0.29) is 17.0 Å². The zero-order valence-electron chi connectivity index (χ0n) is 14.2. The lowest BCUT2D eigenvalue weighted by molar-refractivity contribution is 0.400. The molecule has 0 saturated heterocycles. The first-order chi connectivity index (χ1) is 9.32. The van der Waals surface area contributed by atoms with Gasteiger partial charge in [0.2, 0.25) is 0 Å². The van der Waals surface area contributed by atoms with Crippen molar-refractivity contribution in [3.05, 3.63) is 28.8 Å². The van der Waals surface area contributed by atoms with E-state index in [0.29, 0.717) is 17.6 Å². The van der Waals surface area contributed by atoms with Gasteiger partial charge in [-0.15, -0.1) is 17.0 Å². The number of rotatable bonds is 7. The highest BCUT2D eigenvalue weighted by atomic mass is 79.9. The molecule has 2 N–H and O–H groups in total. The Morgan fingerprint density at radius 2 is 1.52 bits per heavy atom. The lowest BCUT2D eigenvalue weighted by Gasteiger charge is -2.18. The number of hydrogen-bond donors (Lipinski definition) is 2. The molecule has 0 spiro atoms. The highest BCUT2D eigenvalue weighted by Crippen LogP contribution is 2.34. The van der Waals surface area contributed by atoms with E-state index in [2.05, 4.69) is 64.1 Å². The van der Waals surface area contributed by atoms with Gasteiger partial charge in [0, 0.05) is 19.6 Å². The van der Waals surface area contributed by atoms with Crippen LogP contribution in [0.1, 0.15) is 56.2 Å². The normalized spacial score (nSPS) is 11.3. The first-order valence-corrected chi connectivity index (χ1v) is 7.54. The molecule has 1 rings (SSSR count). The van der Waals surface area contributed by atoms with Gasteiger partial charge in [-0.05, 0) is 42.6 Å². The Balaban J connectivity index is 0.00000400. The number of phenols is 1. The second-order valence-corrected chi connectivity index (χ2v) is 6.41. The Labute approximate surface area is 140 Å². The molecule has 0 heterocycles. The van der Waals surface area contributed by atoms with Gasteiger partial charge in [0.1, 0.15) is 5.75 Å². The molecule has 1 aromatic rings. The molecule has 0 aliphatic heterocycles. The molecule has 122 valence electrons. The van der Waals surface area contributed by atoms with E-state index < -0.39 is 0 Å². The van der Waals surface area contributed by atoms with Crippen molar-refractivity contribution in [2.45, 2.75) is 46.1 Å². The Morgan fingerprint density at radius 3 is 1.90 bits per heavy atom. The van der Waals surface area contributed by atoms with Crippen molar-refractivity contribution in [3.8, 4) is 5.75 Å². The number of aromatic hydroxyl groups is 1. The van der Waals surface area contributed by atoms with Gasteiger partial charge in [0.25, 0.3) is 0 Å². The predicted octanol–water partition coefficient (Wildman–Crippen LogP) is 3.87. The Morgan fingerprint density at radius 1 is 1.05 bits per heavy atom. The summed E-state index contributed by atoms with van der Waals surface area (Å²) in [4.78, 5) is 2.17. The summed E-state index contributed by atoms with van der Waals surface area (Å²) in [6.45, 7) is 11.4. The standard InChI is InChI=1S/C17H30N2O.BrH/c1-12(2)15-9-14(11-18-7-8-19(5)6)10-16(13(3)4)17(15)20;/h9-10,12-13,18,20H,7-8,11H2,1-6H3;1H. The van der Waals surface area contributed by atoms with Crippen LogP contribution in [0.25, 0.3) is 0 Å². The maximum absolute atomic E-state index is 10.4. The molecular formula is C17H31BrN2O. The number of nitrogens with zero attached hydrogens (tertiary/aromatic N) is 1. The van der Waals surface area contributed by atoms with E-state index in [9.17, 15) is 5.11 Å². The third-order valence-electron chi connectivity index (χ3n) is 3.54. The lowest BCUT2D eigenvalue weighted by atomic mass is 9.91. The van der Waals surface area contributed by atoms with Crippen molar-refractivity contribution in [2.75, 3.05) is 27.2 Å². The minimum absolute atomic E-state index is 0. The second kappa shape index (κ2) is 9.44. The fourth-order valence-corrected chi connectivity index (χ4v) is 2.26. The van der Waals surface area contributed by atoms with Crippen LogP contribution in [-0.2, 0) is 6.54 Å². The van der Waals surface area contributed by atoms with Crippen LogP contribution in [0.15, 0.2) is 12.1 Å². The minimum atomic E-state index is 0. The summed E-state index contributed by atoms with van der Waals surface area (Å²) in [5.74, 6) is 1.16. The zero-order valence-corrected chi connectivity index (χ0v) is 15.9. The summed E-state index contributed by atoms with van der Waals surface area (Å²) < 4.78 is 0. The average molecular weight is 359 g/mol. The third kappa shape index (κ3) is 6.37. The van der Waals surface area contributed by atoms with Crippen LogP contribution >= 0.6 is 17.0 Å². The first-order valence-electron chi connectivity index (χ1n) is 7.54. The van der Waals surface area contributed by atoms with Crippen LogP contribution in [0.5, 0.6) is 5.75 Å². The number of phenolic OH excluding ortho intramolecular Hbond substituents is 1. The Kier molecular flexibility index (Phi) is 9.18. The van der Waals surface area contributed by atoms with E-state index in [0.717, 1.165) is 30.8 Å². The largest absolute Gasteiger partial charge is 0.507 e. The average Bonchev–Trinajstić information content (AvgIpc) is 2.35. The molecule has 0 atom stereocenters. The number of likely N-dealkylation sites (N-methyl/N-ethyl adjacent to an activating group) is 1. The molecule has 21 heavy (non-hydrogen) atoms. The maximum atomic E-state index is 10.4. The second-order valence-electron chi connectivity index (χ2n) is 6.41. The topological polar surface area (TPSA) is 35.5 Å². The molecule has 0 saturated carbocycles. The van der Waals surface area contributed by atoms with Crippen LogP contribution in [0.2, 0.25) is 0 Å². The van der Waals surface area contributed by atoms with Crippen LogP contribution < -0.4 is 5.32 Å². The van der Waals surface area contributed by atoms with Gasteiger partial charge in [0.15, 0.2) is 0 Å². The summed E-state index contributed by atoms with van der Waals surface area (Å²) in [7, 11) is 4.16. The van der Waals surface area contributed by atoms with Gasteiger partial charge < -0.3 is 15.3 Å². The molecule has 1 aromatic carbocycles. The highest BCUT2D eigenvalue weighted by molar-refractivity contribution is 8.93. The van der Waals surface area contributed by atoms with E-state index in [1.165, 1.54) is 5.56 Å². The number of nitrogens with one attached hydrogen (secondary N) is 1. The lowest BCUT2D eigenvalue weighted by Crippen LogP contribution is -2.26. The van der Waals surface area contributed by atoms with Gasteiger partial charge in [-0.2, -0.15) is 0 Å². The third-order valence-corrected chi connectivity index (χ3v) is 3.54. The van der Waals surface area contributed by atoms with E-state index in [4.69, 9.17) is 0 Å². The monoisotopic (exact) mass is 358 g/mol. The smallest absolute Gasteiger partial charge is 0.122 e. The summed E-state index contributed by atoms with van der Waals surface area (Å²) in [6, 6.07) is 4.27. The van der Waals surface area contributed by atoms with Crippen LogP contribution in [-0.4, -0.2) is 37.2 Å². The molecule has 0 fully saturated rings. The van der Waals surface area contributed by atoms with Gasteiger partial charge in [-0.1, -0.05) is 39.8 Å². The van der Waals surface area contributed by atoms with Gasteiger partial charge in [0.05, 0.1) is 0 Å². The van der Waals surface area contributed by atoms with Crippen molar-refractivity contribution in [1.29, 1.82) is 0 Å². The van der Waals surface area contributed by atoms with Gasteiger partial charge >= 0.3 is 0 Å². The molecular weight excluding hydrogens is 328 g/mol. The SMILES string of the molecule is Br.CC(C)c1cc(CNCCN(C)C)cc(C(C)C)c1O. The summed E-state index contributed by atoms with van der Waals surface area (Å²) in [5, 5.41) is 13.8. The van der Waals surface area contributed by atoms with E-state index >= 15 is 0 Å². The number of benzene rings is 1. The maximum Gasteiger partial charge on any atom is 0.122 e. The van der Waals surface area contributed by atoms with Crippen molar-refractivity contribution in [1.82, 2.24) is 10.2 Å². The molecule has 0 aliphatic carbocycles. The number of halogens is 1. The van der Waals surface area contributed by atoms with Crippen molar-refractivity contribution in [3.63, 3.8) is 0 Å². The molecule has 0 aromatic heterocycles. The molecule has 0 radical (unpaired) electrons. The van der Waals surface area contributed by atoms with Gasteiger partial charge in [-0.25, -0.2) is 0 Å². The number of hydrogen-bond acceptors (Lipinski definition) is 3. The molecule has 0 aliphatic rings. The molecule has 4 heteroatoms. The van der Waals surface area contributed by atoms with Crippen molar-refractivity contribution >= 4 is 17.0 Å². The molecule has 0 bridgehead atoms. The predicted molar refractivity (Wildman–Crippen MR) is 96.9 cm³/mol. The summed E-state index contributed by atoms with van der Waals surface area (Å²) in [5.41, 5.74) is 3.37. The van der Waals surface area contributed by atoms with Crippen LogP contribution in [0.4, 0.5) is 0 Å². The summed E-state index contributed by atoms with van der Waals surface area (Å²) >= 11 is 0. The van der Waals surface area contributed by atoms with Crippen LogP contribution in [0.3, 0.4) is 0 Å². The molecule has 0 unspecified atom stereocenters. The van der Waals surface area contributed by atoms with E-state index in [1.54, 1.807) is 0 Å². The zero-order chi connectivity index (χ0) is 15.3. The molecule has 0 amide bonds. The first kappa shape index (κ1) is 20.4. The highest BCUT2D eigenvalue weighted by Gasteiger charge is 2.14. The Hall–Kier alpha value is -0.580. The fourth-order valence-electron chi connectivity index (χ4n) is 2.26. The van der Waals surface area contributed by atoms with Crippen LogP contribution in [0, 0.1) is 0 Å². The minimum Gasteiger partial charge on any atom is -0.507 e. The summed E-state index contributed by atoms with van der Waals surface area (Å²) in [6.07, 6.45) is 0. The quantitative estimate of drug-likeness (QED) is 0.726. The van der Waals surface area contributed by atoms with Crippen molar-refractivity contribution in [2.24, 2.45) is 0 Å². The fraction of sp³-hybridized carbons (Fsp3) is 0.647. The Bertz CT molecular complexity index is 402. The van der Waals surface area contributed by atoms with Gasteiger partial charge in [-0.3, -0.25) is 0 Å². The van der Waals surface area contributed by atoms with E-state index in [1.807, 2.05) is 0 Å².